The van der Waals surface area contributed by atoms with Crippen LogP contribution in [0.1, 0.15) is 56.6 Å². The zero-order valence-electron chi connectivity index (χ0n) is 21.3. The molecule has 4 aromatic rings. The summed E-state index contributed by atoms with van der Waals surface area (Å²) in [4.78, 5) is 12.9. The Hall–Kier alpha value is -4.21. The lowest BCUT2D eigenvalue weighted by Gasteiger charge is -2.21. The maximum Gasteiger partial charge on any atom is 0.227 e. The largest absolute Gasteiger partial charge is 0.618 e. The Morgan fingerprint density at radius 2 is 1.85 bits per heavy atom. The van der Waals surface area contributed by atoms with Crippen LogP contribution in [0.25, 0.3) is 22.4 Å². The van der Waals surface area contributed by atoms with Gasteiger partial charge in [0.2, 0.25) is 5.91 Å². The summed E-state index contributed by atoms with van der Waals surface area (Å²) >= 11 is 0. The molecule has 1 aliphatic rings. The Kier molecular flexibility index (Phi) is 7.12. The summed E-state index contributed by atoms with van der Waals surface area (Å²) in [5, 5.41) is 20.3. The monoisotopic (exact) mass is 538 g/mol. The van der Waals surface area contributed by atoms with E-state index in [4.69, 9.17) is 0 Å². The fourth-order valence-corrected chi connectivity index (χ4v) is 5.12. The van der Waals surface area contributed by atoms with Gasteiger partial charge >= 0.3 is 0 Å². The standard InChI is InChI=1S/C29H26F4N4O2/c1-16-5-3-8-21(25-12-9-20(15-36(25)39)26-22(31)10-11-23(32)27(26)33)18-6-4-7-19(13-18)28-24(35-29(16)38)14-34-37(28)17(2)30/h4,6-7,9-17,21H,3,5,8H2,1-2H3,(H,35,38). The molecule has 5 rings (SSSR count). The first-order valence-electron chi connectivity index (χ1n) is 12.7. The van der Waals surface area contributed by atoms with Crippen molar-refractivity contribution in [2.24, 2.45) is 5.92 Å². The second kappa shape index (κ2) is 10.5. The molecule has 6 nitrogen and oxygen atoms in total. The van der Waals surface area contributed by atoms with Gasteiger partial charge in [-0.25, -0.2) is 22.2 Å². The summed E-state index contributed by atoms with van der Waals surface area (Å²) < 4.78 is 58.7. The quantitative estimate of drug-likeness (QED) is 0.137. The molecule has 0 aliphatic carbocycles. The third kappa shape index (κ3) is 4.98. The Morgan fingerprint density at radius 3 is 2.59 bits per heavy atom. The highest BCUT2D eigenvalue weighted by atomic mass is 19.2. The SMILES string of the molecule is CC1CCCC(c2ccc(-c3c(F)ccc(F)c3F)c[n+]2[O-])c2cccc(c2)-c2c(cnn2C(C)F)NC1=O. The van der Waals surface area contributed by atoms with Crippen molar-refractivity contribution >= 4 is 11.6 Å². The van der Waals surface area contributed by atoms with Gasteiger partial charge in [0.15, 0.2) is 29.8 Å². The number of alkyl halides is 1. The highest BCUT2D eigenvalue weighted by molar-refractivity contribution is 5.96. The molecule has 3 heterocycles. The Balaban J connectivity index is 1.62. The molecule has 1 aliphatic heterocycles. The van der Waals surface area contributed by atoms with Crippen molar-refractivity contribution in [2.75, 3.05) is 5.32 Å². The molecule has 2 aromatic carbocycles. The summed E-state index contributed by atoms with van der Waals surface area (Å²) in [6.07, 6.45) is 2.62. The molecule has 0 saturated carbocycles. The van der Waals surface area contributed by atoms with E-state index in [1.165, 1.54) is 29.9 Å². The third-order valence-electron chi connectivity index (χ3n) is 7.16. The van der Waals surface area contributed by atoms with Crippen LogP contribution in [-0.2, 0) is 4.79 Å². The van der Waals surface area contributed by atoms with E-state index in [-0.39, 0.29) is 17.4 Å². The first-order chi connectivity index (χ1) is 18.7. The number of carbonyl (C=O) groups excluding carboxylic acids is 1. The van der Waals surface area contributed by atoms with Gasteiger partial charge in [-0.2, -0.15) is 9.83 Å². The number of anilines is 1. The summed E-state index contributed by atoms with van der Waals surface area (Å²) in [5.41, 5.74) is 1.74. The molecule has 0 fully saturated rings. The van der Waals surface area contributed by atoms with Crippen LogP contribution in [0, 0.1) is 28.6 Å². The van der Waals surface area contributed by atoms with Gasteiger partial charge in [-0.3, -0.25) is 4.79 Å². The number of amides is 1. The van der Waals surface area contributed by atoms with Crippen molar-refractivity contribution in [2.45, 2.75) is 45.3 Å². The number of benzene rings is 2. The lowest BCUT2D eigenvalue weighted by atomic mass is 9.86. The number of rotatable bonds is 3. The second-order valence-electron chi connectivity index (χ2n) is 9.81. The van der Waals surface area contributed by atoms with Gasteiger partial charge in [-0.1, -0.05) is 31.5 Å². The lowest BCUT2D eigenvalue weighted by molar-refractivity contribution is -0.614. The molecule has 3 atom stereocenters. The van der Waals surface area contributed by atoms with Crippen LogP contribution in [0.4, 0.5) is 23.2 Å². The number of fused-ring (bicyclic) bond motifs is 4. The molecule has 1 amide bonds. The van der Waals surface area contributed by atoms with Crippen molar-refractivity contribution in [1.82, 2.24) is 9.78 Å². The van der Waals surface area contributed by atoms with Crippen LogP contribution in [-0.4, -0.2) is 15.7 Å². The number of hydrogen-bond donors (Lipinski definition) is 1. The molecule has 202 valence electrons. The molecule has 0 spiro atoms. The lowest BCUT2D eigenvalue weighted by Crippen LogP contribution is -2.34. The fourth-order valence-electron chi connectivity index (χ4n) is 5.12. The van der Waals surface area contributed by atoms with Crippen molar-refractivity contribution in [3.05, 3.63) is 94.8 Å². The predicted molar refractivity (Wildman–Crippen MR) is 138 cm³/mol. The average Bonchev–Trinajstić information content (AvgIpc) is 3.33. The first-order valence-corrected chi connectivity index (χ1v) is 12.7. The maximum absolute atomic E-state index is 14.5. The van der Waals surface area contributed by atoms with Gasteiger partial charge in [0.25, 0.3) is 0 Å². The second-order valence-corrected chi connectivity index (χ2v) is 9.81. The summed E-state index contributed by atoms with van der Waals surface area (Å²) in [5.74, 6) is -4.61. The van der Waals surface area contributed by atoms with Crippen LogP contribution in [0.2, 0.25) is 0 Å². The predicted octanol–water partition coefficient (Wildman–Crippen LogP) is 6.65. The first kappa shape index (κ1) is 26.4. The molecule has 0 saturated heterocycles. The zero-order valence-corrected chi connectivity index (χ0v) is 21.3. The van der Waals surface area contributed by atoms with E-state index in [2.05, 4.69) is 10.4 Å². The Bertz CT molecular complexity index is 1550. The minimum absolute atomic E-state index is 0.0964. The van der Waals surface area contributed by atoms with E-state index in [0.717, 1.165) is 17.8 Å². The number of hydrogen-bond acceptors (Lipinski definition) is 3. The Labute approximate surface area is 222 Å². The highest BCUT2D eigenvalue weighted by Crippen LogP contribution is 2.37. The van der Waals surface area contributed by atoms with E-state index < -0.39 is 35.2 Å². The van der Waals surface area contributed by atoms with Crippen LogP contribution in [0.5, 0.6) is 0 Å². The van der Waals surface area contributed by atoms with E-state index in [0.29, 0.717) is 52.7 Å². The number of aromatic nitrogens is 3. The van der Waals surface area contributed by atoms with E-state index >= 15 is 0 Å². The molecule has 39 heavy (non-hydrogen) atoms. The molecule has 0 radical (unpaired) electrons. The molecule has 2 aromatic heterocycles. The maximum atomic E-state index is 14.5. The van der Waals surface area contributed by atoms with Crippen molar-refractivity contribution in [1.29, 1.82) is 0 Å². The van der Waals surface area contributed by atoms with E-state index in [1.54, 1.807) is 19.1 Å². The molecule has 2 bridgehead atoms. The molecule has 1 N–H and O–H groups in total. The number of nitrogens with one attached hydrogen (secondary N) is 1. The number of pyridine rings is 1. The molecule has 10 heteroatoms. The fraction of sp³-hybridized carbons (Fsp3) is 0.276. The Morgan fingerprint density at radius 1 is 1.08 bits per heavy atom. The summed E-state index contributed by atoms with van der Waals surface area (Å²) in [7, 11) is 0. The average molecular weight is 539 g/mol. The van der Waals surface area contributed by atoms with Crippen molar-refractivity contribution in [3.63, 3.8) is 0 Å². The van der Waals surface area contributed by atoms with Crippen molar-refractivity contribution < 1.29 is 27.1 Å². The summed E-state index contributed by atoms with van der Waals surface area (Å²) in [6, 6.07) is 11.6. The number of halogens is 4. The minimum Gasteiger partial charge on any atom is -0.618 e. The van der Waals surface area contributed by atoms with Crippen LogP contribution >= 0.6 is 0 Å². The van der Waals surface area contributed by atoms with E-state index in [9.17, 15) is 27.6 Å². The summed E-state index contributed by atoms with van der Waals surface area (Å²) in [6.45, 7) is 3.13. The van der Waals surface area contributed by atoms with Gasteiger partial charge in [0, 0.05) is 17.5 Å². The van der Waals surface area contributed by atoms with Crippen molar-refractivity contribution in [3.8, 4) is 22.4 Å². The molecule has 3 unspecified atom stereocenters. The van der Waals surface area contributed by atoms with Gasteiger partial charge < -0.3 is 10.5 Å². The van der Waals surface area contributed by atoms with E-state index in [1.807, 2.05) is 12.1 Å². The van der Waals surface area contributed by atoms with Gasteiger partial charge in [-0.05, 0) is 49.6 Å². The third-order valence-corrected chi connectivity index (χ3v) is 7.16. The zero-order chi connectivity index (χ0) is 27.8. The van der Waals surface area contributed by atoms with Gasteiger partial charge in [-0.15, -0.1) is 0 Å². The number of carbonyl (C=O) groups is 1. The smallest absolute Gasteiger partial charge is 0.227 e. The molecular formula is C29H26F4N4O2. The van der Waals surface area contributed by atoms with Crippen LogP contribution in [0.3, 0.4) is 0 Å². The number of nitrogens with zero attached hydrogens (tertiary/aromatic N) is 3. The molecular weight excluding hydrogens is 512 g/mol. The van der Waals surface area contributed by atoms with Crippen LogP contribution < -0.4 is 10.0 Å². The van der Waals surface area contributed by atoms with Gasteiger partial charge in [0.1, 0.15) is 5.82 Å². The highest BCUT2D eigenvalue weighted by Gasteiger charge is 2.28. The van der Waals surface area contributed by atoms with Gasteiger partial charge in [0.05, 0.1) is 34.6 Å². The topological polar surface area (TPSA) is 73.9 Å². The minimum atomic E-state index is -1.46. The van der Waals surface area contributed by atoms with Crippen LogP contribution in [0.15, 0.2) is 60.9 Å². The normalized spacial score (nSPS) is 18.5.